The molecule has 118 valence electrons. The van der Waals surface area contributed by atoms with Crippen LogP contribution in [-0.4, -0.2) is 38.3 Å². The summed E-state index contributed by atoms with van der Waals surface area (Å²) in [5.41, 5.74) is 3.86. The second-order valence-corrected chi connectivity index (χ2v) is 6.78. The van der Waals surface area contributed by atoms with E-state index in [2.05, 4.69) is 33.8 Å². The second kappa shape index (κ2) is 5.68. The van der Waals surface area contributed by atoms with E-state index < -0.39 is 0 Å². The van der Waals surface area contributed by atoms with Crippen LogP contribution in [0.3, 0.4) is 0 Å². The van der Waals surface area contributed by atoms with Gasteiger partial charge in [0.15, 0.2) is 0 Å². The molecule has 0 atom stereocenters. The molecule has 6 nitrogen and oxygen atoms in total. The molecule has 0 aliphatic carbocycles. The molecule has 0 N–H and O–H groups in total. The molecule has 0 spiro atoms. The summed E-state index contributed by atoms with van der Waals surface area (Å²) in [7, 11) is 3.68. The molecule has 0 saturated carbocycles. The predicted octanol–water partition coefficient (Wildman–Crippen LogP) is 1.80. The average molecular weight is 301 g/mol. The SMILES string of the molecule is COc1ncncc1CN1Cc2cnn(C)c2CC(C)(C)C1. The van der Waals surface area contributed by atoms with Crippen LogP contribution in [-0.2, 0) is 26.6 Å². The van der Waals surface area contributed by atoms with Gasteiger partial charge in [-0.25, -0.2) is 9.97 Å². The number of aryl methyl sites for hydroxylation is 1. The lowest BCUT2D eigenvalue weighted by Crippen LogP contribution is -2.32. The minimum atomic E-state index is 0.196. The zero-order chi connectivity index (χ0) is 15.7. The van der Waals surface area contributed by atoms with Crippen molar-refractivity contribution in [1.82, 2.24) is 24.6 Å². The van der Waals surface area contributed by atoms with Gasteiger partial charge in [-0.05, 0) is 11.8 Å². The van der Waals surface area contributed by atoms with E-state index in [9.17, 15) is 0 Å². The van der Waals surface area contributed by atoms with Crippen molar-refractivity contribution >= 4 is 0 Å². The minimum Gasteiger partial charge on any atom is -0.481 e. The molecule has 0 amide bonds. The molecule has 0 bridgehead atoms. The highest BCUT2D eigenvalue weighted by Crippen LogP contribution is 2.31. The van der Waals surface area contributed by atoms with Crippen molar-refractivity contribution in [3.05, 3.63) is 35.5 Å². The van der Waals surface area contributed by atoms with Crippen molar-refractivity contribution in [3.8, 4) is 5.88 Å². The molecule has 2 aromatic rings. The van der Waals surface area contributed by atoms with E-state index in [1.807, 2.05) is 24.1 Å². The van der Waals surface area contributed by atoms with Crippen LogP contribution in [0.5, 0.6) is 5.88 Å². The fourth-order valence-electron chi connectivity index (χ4n) is 3.27. The van der Waals surface area contributed by atoms with Gasteiger partial charge < -0.3 is 4.74 Å². The van der Waals surface area contributed by atoms with E-state index in [1.165, 1.54) is 17.6 Å². The van der Waals surface area contributed by atoms with E-state index in [1.54, 1.807) is 7.11 Å². The third-order valence-electron chi connectivity index (χ3n) is 4.17. The van der Waals surface area contributed by atoms with Gasteiger partial charge in [-0.15, -0.1) is 0 Å². The first-order valence-electron chi connectivity index (χ1n) is 7.53. The van der Waals surface area contributed by atoms with Gasteiger partial charge in [0.1, 0.15) is 6.33 Å². The van der Waals surface area contributed by atoms with Crippen molar-refractivity contribution in [2.45, 2.75) is 33.4 Å². The van der Waals surface area contributed by atoms with E-state index >= 15 is 0 Å². The van der Waals surface area contributed by atoms with Gasteiger partial charge in [-0.2, -0.15) is 5.10 Å². The average Bonchev–Trinajstić information content (AvgIpc) is 2.73. The van der Waals surface area contributed by atoms with Crippen LogP contribution in [0.4, 0.5) is 0 Å². The van der Waals surface area contributed by atoms with Gasteiger partial charge >= 0.3 is 0 Å². The minimum absolute atomic E-state index is 0.196. The molecular weight excluding hydrogens is 278 g/mol. The molecule has 0 unspecified atom stereocenters. The Bertz CT molecular complexity index is 664. The van der Waals surface area contributed by atoms with Crippen LogP contribution >= 0.6 is 0 Å². The third-order valence-corrected chi connectivity index (χ3v) is 4.17. The number of ether oxygens (including phenoxy) is 1. The first-order valence-corrected chi connectivity index (χ1v) is 7.53. The number of nitrogens with zero attached hydrogens (tertiary/aromatic N) is 5. The lowest BCUT2D eigenvalue weighted by molar-refractivity contribution is 0.170. The maximum Gasteiger partial charge on any atom is 0.220 e. The largest absolute Gasteiger partial charge is 0.481 e. The Balaban J connectivity index is 1.88. The van der Waals surface area contributed by atoms with Crippen molar-refractivity contribution in [2.75, 3.05) is 13.7 Å². The summed E-state index contributed by atoms with van der Waals surface area (Å²) in [4.78, 5) is 10.8. The van der Waals surface area contributed by atoms with Crippen LogP contribution in [0.15, 0.2) is 18.7 Å². The molecule has 6 heteroatoms. The Morgan fingerprint density at radius 3 is 2.91 bits per heavy atom. The normalized spacial score (nSPS) is 17.8. The molecule has 3 rings (SSSR count). The van der Waals surface area contributed by atoms with Crippen molar-refractivity contribution in [3.63, 3.8) is 0 Å². The summed E-state index contributed by atoms with van der Waals surface area (Å²) in [5.74, 6) is 0.656. The number of rotatable bonds is 3. The van der Waals surface area contributed by atoms with E-state index in [-0.39, 0.29) is 5.41 Å². The molecule has 2 aromatic heterocycles. The Hall–Kier alpha value is -1.95. The first-order chi connectivity index (χ1) is 10.5. The maximum absolute atomic E-state index is 5.35. The molecule has 1 aliphatic heterocycles. The first kappa shape index (κ1) is 15.0. The molecule has 0 fully saturated rings. The summed E-state index contributed by atoms with van der Waals surface area (Å²) in [5, 5.41) is 4.42. The lowest BCUT2D eigenvalue weighted by atomic mass is 9.87. The monoisotopic (exact) mass is 301 g/mol. The summed E-state index contributed by atoms with van der Waals surface area (Å²) in [6.45, 7) is 7.30. The summed E-state index contributed by atoms with van der Waals surface area (Å²) in [6.07, 6.45) is 6.39. The van der Waals surface area contributed by atoms with E-state index in [0.717, 1.165) is 31.6 Å². The van der Waals surface area contributed by atoms with Gasteiger partial charge in [-0.1, -0.05) is 13.8 Å². The predicted molar refractivity (Wildman–Crippen MR) is 83.4 cm³/mol. The highest BCUT2D eigenvalue weighted by Gasteiger charge is 2.30. The Kier molecular flexibility index (Phi) is 3.87. The standard InChI is InChI=1S/C16H23N5O/c1-16(2)5-14-12(7-19-20(14)3)8-21(10-16)9-13-6-17-11-18-15(13)22-4/h6-7,11H,5,8-10H2,1-4H3. The Labute approximate surface area is 131 Å². The van der Waals surface area contributed by atoms with Gasteiger partial charge in [-0.3, -0.25) is 9.58 Å². The summed E-state index contributed by atoms with van der Waals surface area (Å²) in [6, 6.07) is 0. The van der Waals surface area contributed by atoms with E-state index in [4.69, 9.17) is 4.74 Å². The fourth-order valence-corrected chi connectivity index (χ4v) is 3.27. The highest BCUT2D eigenvalue weighted by atomic mass is 16.5. The number of hydrogen-bond acceptors (Lipinski definition) is 5. The van der Waals surface area contributed by atoms with Gasteiger partial charge in [0, 0.05) is 49.7 Å². The maximum atomic E-state index is 5.35. The fraction of sp³-hybridized carbons (Fsp3) is 0.562. The number of fused-ring (bicyclic) bond motifs is 1. The second-order valence-electron chi connectivity index (χ2n) is 6.78. The van der Waals surface area contributed by atoms with E-state index in [0.29, 0.717) is 5.88 Å². The summed E-state index contributed by atoms with van der Waals surface area (Å²) < 4.78 is 7.36. The molecule has 22 heavy (non-hydrogen) atoms. The van der Waals surface area contributed by atoms with Crippen molar-refractivity contribution < 1.29 is 4.74 Å². The Morgan fingerprint density at radius 2 is 2.14 bits per heavy atom. The molecule has 0 aromatic carbocycles. The number of methoxy groups -OCH3 is 1. The smallest absolute Gasteiger partial charge is 0.220 e. The van der Waals surface area contributed by atoms with Crippen LogP contribution in [0.25, 0.3) is 0 Å². The van der Waals surface area contributed by atoms with Crippen LogP contribution < -0.4 is 4.74 Å². The molecular formula is C16H23N5O. The van der Waals surface area contributed by atoms with Crippen LogP contribution in [0, 0.1) is 5.41 Å². The third kappa shape index (κ3) is 2.97. The quantitative estimate of drug-likeness (QED) is 0.865. The number of hydrogen-bond donors (Lipinski definition) is 0. The highest BCUT2D eigenvalue weighted by molar-refractivity contribution is 5.24. The molecule has 0 radical (unpaired) electrons. The number of aromatic nitrogens is 4. The molecule has 1 aliphatic rings. The van der Waals surface area contributed by atoms with Crippen molar-refractivity contribution in [1.29, 1.82) is 0 Å². The molecule has 0 saturated heterocycles. The zero-order valence-corrected chi connectivity index (χ0v) is 13.7. The Morgan fingerprint density at radius 1 is 1.32 bits per heavy atom. The van der Waals surface area contributed by atoms with Gasteiger partial charge in [0.2, 0.25) is 5.88 Å². The van der Waals surface area contributed by atoms with Crippen molar-refractivity contribution in [2.24, 2.45) is 12.5 Å². The van der Waals surface area contributed by atoms with Crippen LogP contribution in [0.1, 0.15) is 30.7 Å². The topological polar surface area (TPSA) is 56.1 Å². The van der Waals surface area contributed by atoms with Crippen LogP contribution in [0.2, 0.25) is 0 Å². The summed E-state index contributed by atoms with van der Waals surface area (Å²) >= 11 is 0. The lowest BCUT2D eigenvalue weighted by Gasteiger charge is -2.29. The van der Waals surface area contributed by atoms with Gasteiger partial charge in [0.25, 0.3) is 0 Å². The van der Waals surface area contributed by atoms with Gasteiger partial charge in [0.05, 0.1) is 13.3 Å². The zero-order valence-electron chi connectivity index (χ0n) is 13.7. The molecule has 3 heterocycles.